The molecule has 0 radical (unpaired) electrons. The average molecular weight is 814 g/mol. The number of carbonyl (C=O) groups is 5. The third kappa shape index (κ3) is 8.68. The summed E-state index contributed by atoms with van der Waals surface area (Å²) < 4.78 is 18.7. The maximum absolute atomic E-state index is 14.4. The third-order valence-electron chi connectivity index (χ3n) is 13.0. The molecule has 3 aromatic rings. The Labute approximate surface area is 343 Å². The highest BCUT2D eigenvalue weighted by Crippen LogP contribution is 2.29. The first-order valence-electron chi connectivity index (χ1n) is 21.2. The van der Waals surface area contributed by atoms with Gasteiger partial charge in [0, 0.05) is 76.9 Å². The number of benzene rings is 2. The molecule has 0 saturated carbocycles. The number of ether oxygens (including phenoxy) is 2. The van der Waals surface area contributed by atoms with E-state index in [-0.39, 0.29) is 55.0 Å². The molecule has 2 aromatic carbocycles. The van der Waals surface area contributed by atoms with Crippen molar-refractivity contribution in [3.05, 3.63) is 63.6 Å². The summed E-state index contributed by atoms with van der Waals surface area (Å²) in [6.07, 6.45) is 4.57. The van der Waals surface area contributed by atoms with Crippen LogP contribution in [0.25, 0.3) is 11.1 Å². The largest absolute Gasteiger partial charge is 0.463 e. The van der Waals surface area contributed by atoms with Crippen LogP contribution in [0.5, 0.6) is 0 Å². The van der Waals surface area contributed by atoms with Crippen LogP contribution < -0.4 is 11.1 Å². The van der Waals surface area contributed by atoms with E-state index < -0.39 is 18.0 Å². The Hall–Kier alpha value is -5.38. The number of oxazole rings is 1. The van der Waals surface area contributed by atoms with E-state index >= 15 is 0 Å². The van der Waals surface area contributed by atoms with Gasteiger partial charge in [-0.2, -0.15) is 0 Å². The molecule has 6 heterocycles. The van der Waals surface area contributed by atoms with E-state index in [9.17, 15) is 28.8 Å². The Morgan fingerprint density at radius 1 is 0.864 bits per heavy atom. The lowest BCUT2D eigenvalue weighted by Gasteiger charge is -2.40. The van der Waals surface area contributed by atoms with Gasteiger partial charge in [0.1, 0.15) is 12.6 Å². The summed E-state index contributed by atoms with van der Waals surface area (Å²) in [5.74, 6) is -0.937. The molecule has 8 rings (SSSR count). The molecule has 0 unspecified atom stereocenters. The van der Waals surface area contributed by atoms with Crippen molar-refractivity contribution in [3.63, 3.8) is 0 Å². The molecule has 1 N–H and O–H groups in total. The topological polar surface area (TPSA) is 167 Å². The van der Waals surface area contributed by atoms with Crippen LogP contribution in [-0.4, -0.2) is 142 Å². The zero-order chi connectivity index (χ0) is 41.2. The maximum atomic E-state index is 14.4. The highest BCUT2D eigenvalue weighted by Gasteiger charge is 2.40. The number of aryl methyl sites for hydroxylation is 2. The van der Waals surface area contributed by atoms with Crippen LogP contribution in [0.3, 0.4) is 0 Å². The van der Waals surface area contributed by atoms with E-state index in [1.54, 1.807) is 27.8 Å². The van der Waals surface area contributed by atoms with Gasteiger partial charge in [-0.05, 0) is 93.7 Å². The highest BCUT2D eigenvalue weighted by molar-refractivity contribution is 5.91. The number of rotatable bonds is 10. The number of esters is 1. The summed E-state index contributed by atoms with van der Waals surface area (Å²) >= 11 is 0. The summed E-state index contributed by atoms with van der Waals surface area (Å²) in [5, 5.41) is 3.04. The first-order chi connectivity index (χ1) is 28.5. The molecular formula is C43H55N7O9. The van der Waals surface area contributed by atoms with E-state index in [1.165, 1.54) is 4.57 Å². The number of urea groups is 1. The van der Waals surface area contributed by atoms with Gasteiger partial charge in [0.05, 0.1) is 12.1 Å². The predicted molar refractivity (Wildman–Crippen MR) is 217 cm³/mol. The molecule has 0 aliphatic carbocycles. The van der Waals surface area contributed by atoms with E-state index in [0.29, 0.717) is 101 Å². The van der Waals surface area contributed by atoms with Gasteiger partial charge in [-0.25, -0.2) is 14.4 Å². The van der Waals surface area contributed by atoms with Crippen molar-refractivity contribution in [1.29, 1.82) is 0 Å². The van der Waals surface area contributed by atoms with Crippen molar-refractivity contribution >= 4 is 46.7 Å². The van der Waals surface area contributed by atoms with Crippen LogP contribution in [0.4, 0.5) is 15.3 Å². The van der Waals surface area contributed by atoms with Crippen LogP contribution in [-0.2, 0) is 43.7 Å². The van der Waals surface area contributed by atoms with Crippen LogP contribution in [0.15, 0.2) is 45.6 Å². The number of nitrogens with one attached hydrogen (secondary N) is 1. The van der Waals surface area contributed by atoms with Gasteiger partial charge in [0.25, 0.3) is 5.91 Å². The quantitative estimate of drug-likeness (QED) is 0.299. The van der Waals surface area contributed by atoms with Crippen molar-refractivity contribution < 1.29 is 37.9 Å². The Morgan fingerprint density at radius 3 is 2.37 bits per heavy atom. The minimum Gasteiger partial charge on any atom is -0.463 e. The molecule has 4 fully saturated rings. The first-order valence-corrected chi connectivity index (χ1v) is 21.2. The Balaban J connectivity index is 0.903. The van der Waals surface area contributed by atoms with Crippen molar-refractivity contribution in [3.8, 4) is 0 Å². The second-order valence-electron chi connectivity index (χ2n) is 16.6. The molecule has 2 atom stereocenters. The molecule has 0 bridgehead atoms. The monoisotopic (exact) mass is 813 g/mol. The molecule has 4 saturated heterocycles. The molecular weight excluding hydrogens is 759 g/mol. The zero-order valence-electron chi connectivity index (χ0n) is 34.1. The normalized spacial score (nSPS) is 21.4. The SMILES string of the molecule is Cc1cc(C[C@@H](OC(=O)N2CCC(N3CCc4ccccc4NC3=O)CC2)C(=O)N2CCC(N3CCC[C@H]3C(=O)OCCN3CCCC3=O)CC2)cc2oc(=O)n(C)c12. The fraction of sp³-hybridized carbons (Fsp3) is 0.581. The number of amides is 5. The summed E-state index contributed by atoms with van der Waals surface area (Å²) in [5.41, 5.74) is 4.49. The van der Waals surface area contributed by atoms with Gasteiger partial charge >= 0.3 is 23.8 Å². The molecule has 5 amide bonds. The van der Waals surface area contributed by atoms with Gasteiger partial charge in [0.15, 0.2) is 11.7 Å². The van der Waals surface area contributed by atoms with Gasteiger partial charge in [-0.3, -0.25) is 23.9 Å². The van der Waals surface area contributed by atoms with Gasteiger partial charge in [-0.1, -0.05) is 24.3 Å². The van der Waals surface area contributed by atoms with Crippen LogP contribution >= 0.6 is 0 Å². The lowest BCUT2D eigenvalue weighted by Crippen LogP contribution is -2.53. The molecule has 1 aromatic heterocycles. The molecule has 5 aliphatic heterocycles. The summed E-state index contributed by atoms with van der Waals surface area (Å²) in [6, 6.07) is 11.0. The highest BCUT2D eigenvalue weighted by atomic mass is 16.6. The number of aromatic nitrogens is 1. The first kappa shape index (κ1) is 40.4. The third-order valence-corrected chi connectivity index (χ3v) is 13.0. The van der Waals surface area contributed by atoms with E-state index in [2.05, 4.69) is 10.2 Å². The number of hydrogen-bond donors (Lipinski definition) is 1. The molecule has 16 nitrogen and oxygen atoms in total. The number of fused-ring (bicyclic) bond motifs is 2. The zero-order valence-corrected chi connectivity index (χ0v) is 34.1. The predicted octanol–water partition coefficient (Wildman–Crippen LogP) is 3.66. The van der Waals surface area contributed by atoms with Crippen molar-refractivity contribution in [2.75, 3.05) is 64.3 Å². The minimum absolute atomic E-state index is 0.0417. The lowest BCUT2D eigenvalue weighted by atomic mass is 9.99. The minimum atomic E-state index is -1.13. The van der Waals surface area contributed by atoms with E-state index in [1.807, 2.05) is 42.2 Å². The van der Waals surface area contributed by atoms with Crippen molar-refractivity contribution in [2.24, 2.45) is 7.05 Å². The number of nitrogens with zero attached hydrogens (tertiary/aromatic N) is 6. The molecule has 16 heteroatoms. The van der Waals surface area contributed by atoms with Crippen LogP contribution in [0.1, 0.15) is 68.1 Å². The molecule has 316 valence electrons. The van der Waals surface area contributed by atoms with Crippen LogP contribution in [0, 0.1) is 6.92 Å². The molecule has 59 heavy (non-hydrogen) atoms. The number of piperidine rings is 2. The van der Waals surface area contributed by atoms with Crippen molar-refractivity contribution in [2.45, 2.75) is 95.4 Å². The van der Waals surface area contributed by atoms with Gasteiger partial charge < -0.3 is 38.8 Å². The second kappa shape index (κ2) is 17.5. The Kier molecular flexibility index (Phi) is 12.0. The summed E-state index contributed by atoms with van der Waals surface area (Å²) in [7, 11) is 1.64. The summed E-state index contributed by atoms with van der Waals surface area (Å²) in [6.45, 7) is 6.17. The van der Waals surface area contributed by atoms with Crippen LogP contribution in [0.2, 0.25) is 0 Å². The molecule has 5 aliphatic rings. The maximum Gasteiger partial charge on any atom is 0.419 e. The number of para-hydroxylation sites is 1. The number of carbonyl (C=O) groups excluding carboxylic acids is 5. The second-order valence-corrected chi connectivity index (χ2v) is 16.6. The lowest BCUT2D eigenvalue weighted by molar-refractivity contribution is -0.152. The fourth-order valence-corrected chi connectivity index (χ4v) is 9.78. The van der Waals surface area contributed by atoms with E-state index in [4.69, 9.17) is 13.9 Å². The number of hydrogen-bond acceptors (Lipinski definition) is 10. The van der Waals surface area contributed by atoms with Gasteiger partial charge in [0.2, 0.25) is 5.91 Å². The van der Waals surface area contributed by atoms with Gasteiger partial charge in [-0.15, -0.1) is 0 Å². The Morgan fingerprint density at radius 2 is 1.61 bits per heavy atom. The number of likely N-dealkylation sites (tertiary alicyclic amines) is 4. The Bertz CT molecular complexity index is 2130. The van der Waals surface area contributed by atoms with E-state index in [0.717, 1.165) is 42.6 Å². The molecule has 0 spiro atoms. The smallest absolute Gasteiger partial charge is 0.419 e. The summed E-state index contributed by atoms with van der Waals surface area (Å²) in [4.78, 5) is 88.2. The van der Waals surface area contributed by atoms with Crippen molar-refractivity contribution in [1.82, 2.24) is 29.1 Å². The standard InChI is InChI=1S/C43H55N7O9/c1-28-25-29(26-35-38(28)45(2)42(55)58-35)27-36(59-43(56)48-20-14-32(15-21-48)50-22-11-30-7-3-4-8-33(30)44-41(50)54)39(52)47-18-12-31(13-19-47)49-17-5-9-34(49)40(53)57-24-23-46-16-6-10-37(46)51/h3-4,7-8,25-26,31-32,34,36H,5-6,9-24,27H2,1-2H3,(H,44,54)/t34-,36+/m0/s1. The number of anilines is 1. The fourth-order valence-electron chi connectivity index (χ4n) is 9.78. The average Bonchev–Trinajstić information content (AvgIpc) is 3.93.